The lowest BCUT2D eigenvalue weighted by molar-refractivity contribution is 0.257. The van der Waals surface area contributed by atoms with Crippen LogP contribution in [0.15, 0.2) is 12.3 Å². The molecule has 0 N–H and O–H groups in total. The minimum atomic E-state index is 0.388. The monoisotopic (exact) mass is 248 g/mol. The summed E-state index contributed by atoms with van der Waals surface area (Å²) in [5, 5.41) is 0. The van der Waals surface area contributed by atoms with Crippen molar-refractivity contribution in [1.82, 2.24) is 14.9 Å². The first-order chi connectivity index (χ1) is 8.58. The highest BCUT2D eigenvalue weighted by Crippen LogP contribution is 2.21. The SMILES string of the molecule is CC(C)c1nccc(N2CCCC(N(C)C)C2)n1. The normalized spacial score (nSPS) is 20.8. The minimum Gasteiger partial charge on any atom is -0.355 e. The highest BCUT2D eigenvalue weighted by Gasteiger charge is 2.22. The highest BCUT2D eigenvalue weighted by molar-refractivity contribution is 5.38. The van der Waals surface area contributed by atoms with Crippen LogP contribution in [0, 0.1) is 0 Å². The van der Waals surface area contributed by atoms with E-state index in [0.717, 1.165) is 24.7 Å². The van der Waals surface area contributed by atoms with Gasteiger partial charge in [-0.15, -0.1) is 0 Å². The number of nitrogens with zero attached hydrogens (tertiary/aromatic N) is 4. The van der Waals surface area contributed by atoms with Crippen LogP contribution in [0.5, 0.6) is 0 Å². The van der Waals surface area contributed by atoms with Crippen molar-refractivity contribution in [2.75, 3.05) is 32.1 Å². The molecule has 1 aromatic rings. The molecule has 0 spiro atoms. The Balaban J connectivity index is 2.13. The molecule has 1 aliphatic rings. The first kappa shape index (κ1) is 13.3. The summed E-state index contributed by atoms with van der Waals surface area (Å²) >= 11 is 0. The molecule has 1 atom stereocenters. The van der Waals surface area contributed by atoms with E-state index in [1.165, 1.54) is 12.8 Å². The number of piperidine rings is 1. The third kappa shape index (κ3) is 2.99. The Morgan fingerprint density at radius 3 is 2.83 bits per heavy atom. The van der Waals surface area contributed by atoms with Crippen LogP contribution in [0.2, 0.25) is 0 Å². The summed E-state index contributed by atoms with van der Waals surface area (Å²) in [7, 11) is 4.32. The van der Waals surface area contributed by atoms with E-state index in [-0.39, 0.29) is 0 Å². The standard InChI is InChI=1S/C14H24N4/c1-11(2)14-15-8-7-13(16-14)18-9-5-6-12(10-18)17(3)4/h7-8,11-12H,5-6,9-10H2,1-4H3. The van der Waals surface area contributed by atoms with Crippen LogP contribution in [-0.4, -0.2) is 48.1 Å². The van der Waals surface area contributed by atoms with E-state index in [1.54, 1.807) is 0 Å². The van der Waals surface area contributed by atoms with Crippen molar-refractivity contribution >= 4 is 5.82 Å². The highest BCUT2D eigenvalue weighted by atomic mass is 15.2. The van der Waals surface area contributed by atoms with Gasteiger partial charge in [-0.2, -0.15) is 0 Å². The fourth-order valence-electron chi connectivity index (χ4n) is 2.40. The summed E-state index contributed by atoms with van der Waals surface area (Å²) in [4.78, 5) is 13.7. The second kappa shape index (κ2) is 5.65. The van der Waals surface area contributed by atoms with Crippen LogP contribution >= 0.6 is 0 Å². The molecule has 1 unspecified atom stereocenters. The van der Waals surface area contributed by atoms with Gasteiger partial charge in [0.1, 0.15) is 11.6 Å². The molecule has 0 aromatic carbocycles. The molecule has 18 heavy (non-hydrogen) atoms. The topological polar surface area (TPSA) is 32.3 Å². The van der Waals surface area contributed by atoms with Crippen molar-refractivity contribution in [3.05, 3.63) is 18.1 Å². The van der Waals surface area contributed by atoms with Crippen LogP contribution in [-0.2, 0) is 0 Å². The van der Waals surface area contributed by atoms with Crippen LogP contribution in [0.4, 0.5) is 5.82 Å². The lowest BCUT2D eigenvalue weighted by Gasteiger charge is -2.36. The van der Waals surface area contributed by atoms with Gasteiger partial charge in [0.25, 0.3) is 0 Å². The fourth-order valence-corrected chi connectivity index (χ4v) is 2.40. The Bertz CT molecular complexity index is 389. The summed E-state index contributed by atoms with van der Waals surface area (Å²) < 4.78 is 0. The van der Waals surface area contributed by atoms with Gasteiger partial charge in [-0.05, 0) is 33.0 Å². The second-order valence-corrected chi connectivity index (χ2v) is 5.63. The van der Waals surface area contributed by atoms with E-state index in [1.807, 2.05) is 12.3 Å². The number of aromatic nitrogens is 2. The Labute approximate surface area is 110 Å². The van der Waals surface area contributed by atoms with Gasteiger partial charge in [-0.1, -0.05) is 13.8 Å². The van der Waals surface area contributed by atoms with Gasteiger partial charge in [-0.3, -0.25) is 0 Å². The maximum Gasteiger partial charge on any atom is 0.133 e. The van der Waals surface area contributed by atoms with Gasteiger partial charge in [-0.25, -0.2) is 9.97 Å². The fraction of sp³-hybridized carbons (Fsp3) is 0.714. The quantitative estimate of drug-likeness (QED) is 0.820. The van der Waals surface area contributed by atoms with E-state index in [0.29, 0.717) is 12.0 Å². The average Bonchev–Trinajstić information content (AvgIpc) is 2.39. The van der Waals surface area contributed by atoms with Crippen LogP contribution in [0.25, 0.3) is 0 Å². The minimum absolute atomic E-state index is 0.388. The lowest BCUT2D eigenvalue weighted by atomic mass is 10.1. The zero-order chi connectivity index (χ0) is 13.1. The molecule has 4 nitrogen and oxygen atoms in total. The van der Waals surface area contributed by atoms with Crippen molar-refractivity contribution in [2.24, 2.45) is 0 Å². The summed E-state index contributed by atoms with van der Waals surface area (Å²) in [6.45, 7) is 6.45. The first-order valence-corrected chi connectivity index (χ1v) is 6.82. The molecule has 2 rings (SSSR count). The number of hydrogen-bond acceptors (Lipinski definition) is 4. The molecule has 1 aromatic heterocycles. The lowest BCUT2D eigenvalue weighted by Crippen LogP contribution is -2.45. The summed E-state index contributed by atoms with van der Waals surface area (Å²) in [6, 6.07) is 2.67. The Morgan fingerprint density at radius 2 is 2.17 bits per heavy atom. The van der Waals surface area contributed by atoms with Gasteiger partial charge in [0.2, 0.25) is 0 Å². The van der Waals surface area contributed by atoms with E-state index >= 15 is 0 Å². The predicted octanol–water partition coefficient (Wildman–Crippen LogP) is 2.13. The largest absolute Gasteiger partial charge is 0.355 e. The molecule has 0 radical (unpaired) electrons. The zero-order valence-electron chi connectivity index (χ0n) is 11.9. The Kier molecular flexibility index (Phi) is 4.17. The number of anilines is 1. The molecule has 0 saturated carbocycles. The van der Waals surface area contributed by atoms with Gasteiger partial charge < -0.3 is 9.80 Å². The summed E-state index contributed by atoms with van der Waals surface area (Å²) in [5.74, 6) is 2.42. The summed E-state index contributed by atoms with van der Waals surface area (Å²) in [5.41, 5.74) is 0. The van der Waals surface area contributed by atoms with Gasteiger partial charge in [0, 0.05) is 31.2 Å². The van der Waals surface area contributed by atoms with E-state index in [9.17, 15) is 0 Å². The van der Waals surface area contributed by atoms with Gasteiger partial charge in [0.05, 0.1) is 0 Å². The third-order valence-corrected chi connectivity index (χ3v) is 3.63. The van der Waals surface area contributed by atoms with Gasteiger partial charge in [0.15, 0.2) is 0 Å². The Hall–Kier alpha value is -1.16. The molecular weight excluding hydrogens is 224 g/mol. The van der Waals surface area contributed by atoms with Gasteiger partial charge >= 0.3 is 0 Å². The molecule has 4 heteroatoms. The smallest absolute Gasteiger partial charge is 0.133 e. The molecule has 1 aliphatic heterocycles. The molecule has 0 bridgehead atoms. The van der Waals surface area contributed by atoms with Crippen molar-refractivity contribution < 1.29 is 0 Å². The number of hydrogen-bond donors (Lipinski definition) is 0. The summed E-state index contributed by atoms with van der Waals surface area (Å²) in [6.07, 6.45) is 4.41. The number of rotatable bonds is 3. The zero-order valence-corrected chi connectivity index (χ0v) is 11.9. The van der Waals surface area contributed by atoms with Crippen LogP contribution in [0.3, 0.4) is 0 Å². The van der Waals surface area contributed by atoms with E-state index in [2.05, 4.69) is 47.7 Å². The van der Waals surface area contributed by atoms with Crippen LogP contribution in [0.1, 0.15) is 38.4 Å². The molecule has 0 amide bonds. The maximum absolute atomic E-state index is 4.69. The molecule has 1 saturated heterocycles. The molecule has 2 heterocycles. The third-order valence-electron chi connectivity index (χ3n) is 3.63. The van der Waals surface area contributed by atoms with E-state index < -0.39 is 0 Å². The molecule has 100 valence electrons. The first-order valence-electron chi connectivity index (χ1n) is 6.82. The predicted molar refractivity (Wildman–Crippen MR) is 75.0 cm³/mol. The molecular formula is C14H24N4. The Morgan fingerprint density at radius 1 is 1.39 bits per heavy atom. The maximum atomic E-state index is 4.69. The van der Waals surface area contributed by atoms with Crippen molar-refractivity contribution in [2.45, 2.75) is 38.6 Å². The van der Waals surface area contributed by atoms with Crippen molar-refractivity contribution in [1.29, 1.82) is 0 Å². The number of likely N-dealkylation sites (N-methyl/N-ethyl adjacent to an activating group) is 1. The van der Waals surface area contributed by atoms with Crippen molar-refractivity contribution in [3.63, 3.8) is 0 Å². The van der Waals surface area contributed by atoms with Crippen molar-refractivity contribution in [3.8, 4) is 0 Å². The molecule has 0 aliphatic carbocycles. The van der Waals surface area contributed by atoms with Crippen LogP contribution < -0.4 is 4.90 Å². The second-order valence-electron chi connectivity index (χ2n) is 5.63. The molecule has 1 fully saturated rings. The average molecular weight is 248 g/mol. The van der Waals surface area contributed by atoms with E-state index in [4.69, 9.17) is 0 Å².